The smallest absolute Gasteiger partial charge is 0.355 e. The van der Waals surface area contributed by atoms with E-state index in [1.54, 1.807) is 10.9 Å². The maximum Gasteiger partial charge on any atom is 0.355 e. The van der Waals surface area contributed by atoms with Gasteiger partial charge in [-0.25, -0.2) is 9.78 Å². The van der Waals surface area contributed by atoms with Crippen molar-refractivity contribution in [3.05, 3.63) is 22.8 Å². The van der Waals surface area contributed by atoms with Gasteiger partial charge in [0.1, 0.15) is 5.01 Å². The number of aromatic carboxylic acids is 1. The minimum absolute atomic E-state index is 0.0793. The number of hydrogen-bond donors (Lipinski definition) is 1. The summed E-state index contributed by atoms with van der Waals surface area (Å²) in [6, 6.07) is 0. The normalized spacial score (nSPS) is 10.5. The average molecular weight is 223 g/mol. The number of aryl methyl sites for hydroxylation is 2. The van der Waals surface area contributed by atoms with Crippen molar-refractivity contribution in [2.45, 2.75) is 6.92 Å². The number of thiazole rings is 1. The van der Waals surface area contributed by atoms with Gasteiger partial charge in [-0.1, -0.05) is 0 Å². The maximum atomic E-state index is 10.7. The van der Waals surface area contributed by atoms with Gasteiger partial charge in [-0.2, -0.15) is 5.10 Å². The molecule has 1 N–H and O–H groups in total. The Kier molecular flexibility index (Phi) is 2.28. The second kappa shape index (κ2) is 3.47. The van der Waals surface area contributed by atoms with Gasteiger partial charge in [0.05, 0.1) is 11.9 Å². The van der Waals surface area contributed by atoms with Crippen LogP contribution in [0.15, 0.2) is 11.6 Å². The van der Waals surface area contributed by atoms with E-state index >= 15 is 0 Å². The van der Waals surface area contributed by atoms with Crippen LogP contribution in [0.1, 0.15) is 16.1 Å². The molecule has 0 radical (unpaired) electrons. The van der Waals surface area contributed by atoms with Crippen LogP contribution >= 0.6 is 11.3 Å². The highest BCUT2D eigenvalue weighted by molar-refractivity contribution is 7.13. The van der Waals surface area contributed by atoms with E-state index in [2.05, 4.69) is 10.1 Å². The van der Waals surface area contributed by atoms with Gasteiger partial charge in [0, 0.05) is 12.4 Å². The van der Waals surface area contributed by atoms with Crippen molar-refractivity contribution in [1.29, 1.82) is 0 Å². The summed E-state index contributed by atoms with van der Waals surface area (Å²) in [5.41, 5.74) is 1.94. The lowest BCUT2D eigenvalue weighted by molar-refractivity contribution is 0.0691. The SMILES string of the molecule is Cc1cnn(C)c1-c1nc(C(=O)O)cs1. The van der Waals surface area contributed by atoms with Crippen molar-refractivity contribution in [1.82, 2.24) is 14.8 Å². The fourth-order valence-electron chi connectivity index (χ4n) is 1.34. The Morgan fingerprint density at radius 3 is 2.80 bits per heavy atom. The summed E-state index contributed by atoms with van der Waals surface area (Å²) in [6.07, 6.45) is 1.73. The molecule has 0 amide bonds. The summed E-state index contributed by atoms with van der Waals surface area (Å²) in [5, 5.41) is 15.1. The van der Waals surface area contributed by atoms with Gasteiger partial charge in [-0.05, 0) is 12.5 Å². The van der Waals surface area contributed by atoms with Crippen molar-refractivity contribution in [3.63, 3.8) is 0 Å². The Balaban J connectivity index is 2.50. The summed E-state index contributed by atoms with van der Waals surface area (Å²) in [5.74, 6) is -1.00. The first-order valence-corrected chi connectivity index (χ1v) is 5.15. The van der Waals surface area contributed by atoms with Crippen LogP contribution in [0.25, 0.3) is 10.7 Å². The van der Waals surface area contributed by atoms with Gasteiger partial charge in [0.25, 0.3) is 0 Å². The number of hydrogen-bond acceptors (Lipinski definition) is 4. The molecule has 2 aromatic heterocycles. The summed E-state index contributed by atoms with van der Waals surface area (Å²) < 4.78 is 1.69. The summed E-state index contributed by atoms with van der Waals surface area (Å²) >= 11 is 1.31. The third kappa shape index (κ3) is 1.63. The highest BCUT2D eigenvalue weighted by atomic mass is 32.1. The van der Waals surface area contributed by atoms with Gasteiger partial charge in [0.2, 0.25) is 0 Å². The Morgan fingerprint density at radius 2 is 2.33 bits per heavy atom. The zero-order valence-electron chi connectivity index (χ0n) is 8.26. The number of carbonyl (C=O) groups is 1. The predicted octanol–water partition coefficient (Wildman–Crippen LogP) is 1.55. The van der Waals surface area contributed by atoms with Crippen LogP contribution in [-0.4, -0.2) is 25.8 Å². The lowest BCUT2D eigenvalue weighted by atomic mass is 10.3. The van der Waals surface area contributed by atoms with Crippen LogP contribution in [0.5, 0.6) is 0 Å². The van der Waals surface area contributed by atoms with Crippen molar-refractivity contribution in [2.75, 3.05) is 0 Å². The van der Waals surface area contributed by atoms with Crippen molar-refractivity contribution in [2.24, 2.45) is 7.05 Å². The Hall–Kier alpha value is -1.69. The molecule has 0 spiro atoms. The molecule has 0 unspecified atom stereocenters. The third-order valence-corrected chi connectivity index (χ3v) is 2.90. The molecular formula is C9H9N3O2S. The molecule has 6 heteroatoms. The number of aromatic nitrogens is 3. The predicted molar refractivity (Wildman–Crippen MR) is 56.0 cm³/mol. The molecule has 0 fully saturated rings. The second-order valence-corrected chi connectivity index (χ2v) is 4.00. The maximum absolute atomic E-state index is 10.7. The minimum Gasteiger partial charge on any atom is -0.476 e. The zero-order valence-corrected chi connectivity index (χ0v) is 9.08. The van der Waals surface area contributed by atoms with Gasteiger partial charge in [-0.15, -0.1) is 11.3 Å². The average Bonchev–Trinajstić information content (AvgIpc) is 2.73. The van der Waals surface area contributed by atoms with E-state index in [1.165, 1.54) is 16.7 Å². The highest BCUT2D eigenvalue weighted by Gasteiger charge is 2.14. The Bertz CT molecular complexity index is 496. The van der Waals surface area contributed by atoms with E-state index < -0.39 is 5.97 Å². The lowest BCUT2D eigenvalue weighted by Gasteiger charge is -1.97. The monoisotopic (exact) mass is 223 g/mol. The Labute approximate surface area is 90.0 Å². The van der Waals surface area contributed by atoms with Crippen molar-refractivity contribution >= 4 is 17.3 Å². The number of nitrogens with zero attached hydrogens (tertiary/aromatic N) is 3. The molecular weight excluding hydrogens is 214 g/mol. The third-order valence-electron chi connectivity index (χ3n) is 2.05. The molecule has 0 bridgehead atoms. The molecule has 0 aromatic carbocycles. The summed E-state index contributed by atoms with van der Waals surface area (Å²) in [7, 11) is 1.81. The molecule has 0 saturated carbocycles. The second-order valence-electron chi connectivity index (χ2n) is 3.14. The topological polar surface area (TPSA) is 68.0 Å². The van der Waals surface area contributed by atoms with E-state index in [4.69, 9.17) is 5.11 Å². The molecule has 2 aromatic rings. The number of rotatable bonds is 2. The van der Waals surface area contributed by atoms with Gasteiger partial charge in [-0.3, -0.25) is 4.68 Å². The first-order valence-electron chi connectivity index (χ1n) is 4.27. The Morgan fingerprint density at radius 1 is 1.60 bits per heavy atom. The van der Waals surface area contributed by atoms with Crippen LogP contribution < -0.4 is 0 Å². The van der Waals surface area contributed by atoms with Crippen LogP contribution in [-0.2, 0) is 7.05 Å². The molecule has 0 aliphatic carbocycles. The minimum atomic E-state index is -1.00. The summed E-state index contributed by atoms with van der Waals surface area (Å²) in [4.78, 5) is 14.7. The van der Waals surface area contributed by atoms with Gasteiger partial charge >= 0.3 is 5.97 Å². The van der Waals surface area contributed by atoms with E-state index in [9.17, 15) is 4.79 Å². The van der Waals surface area contributed by atoms with Crippen LogP contribution in [0.3, 0.4) is 0 Å². The van der Waals surface area contributed by atoms with Gasteiger partial charge < -0.3 is 5.11 Å². The lowest BCUT2D eigenvalue weighted by Crippen LogP contribution is -1.98. The first kappa shape index (κ1) is 9.85. The van der Waals surface area contributed by atoms with E-state index in [-0.39, 0.29) is 5.69 Å². The standard InChI is InChI=1S/C9H9N3O2S/c1-5-3-10-12(2)7(5)8-11-6(4-15-8)9(13)14/h3-4H,1-2H3,(H,13,14). The van der Waals surface area contributed by atoms with E-state index in [0.29, 0.717) is 5.01 Å². The molecule has 2 rings (SSSR count). The largest absolute Gasteiger partial charge is 0.476 e. The van der Waals surface area contributed by atoms with Gasteiger partial charge in [0.15, 0.2) is 5.69 Å². The molecule has 78 valence electrons. The molecule has 15 heavy (non-hydrogen) atoms. The van der Waals surface area contributed by atoms with Crippen molar-refractivity contribution in [3.8, 4) is 10.7 Å². The quantitative estimate of drug-likeness (QED) is 0.838. The van der Waals surface area contributed by atoms with Crippen LogP contribution in [0.2, 0.25) is 0 Å². The van der Waals surface area contributed by atoms with Crippen LogP contribution in [0, 0.1) is 6.92 Å². The van der Waals surface area contributed by atoms with Crippen LogP contribution in [0.4, 0.5) is 0 Å². The highest BCUT2D eigenvalue weighted by Crippen LogP contribution is 2.25. The fraction of sp³-hybridized carbons (Fsp3) is 0.222. The van der Waals surface area contributed by atoms with Crippen molar-refractivity contribution < 1.29 is 9.90 Å². The fourth-order valence-corrected chi connectivity index (χ4v) is 2.27. The molecule has 5 nitrogen and oxygen atoms in total. The number of carboxylic acids is 1. The molecule has 0 aliphatic rings. The number of carboxylic acid groups (broad SMARTS) is 1. The summed E-state index contributed by atoms with van der Waals surface area (Å²) in [6.45, 7) is 1.92. The molecule has 0 saturated heterocycles. The first-order chi connectivity index (χ1) is 7.09. The molecule has 0 atom stereocenters. The zero-order chi connectivity index (χ0) is 11.0. The van der Waals surface area contributed by atoms with E-state index in [0.717, 1.165) is 11.3 Å². The van der Waals surface area contributed by atoms with E-state index in [1.807, 2.05) is 14.0 Å². The molecule has 0 aliphatic heterocycles. The molecule has 2 heterocycles.